The summed E-state index contributed by atoms with van der Waals surface area (Å²) in [6.07, 6.45) is 5.44. The number of rotatable bonds is 8. The van der Waals surface area contributed by atoms with Crippen molar-refractivity contribution in [1.82, 2.24) is 0 Å². The SMILES string of the molecule is COc1ccc(NS(=O)(=O)c2ccc3c(c2)[C@H]2C=CC[C@H]2[C@@H](c2ccc(OC(C)C)cc2)N3)c(OC)c1. The Morgan fingerprint density at radius 1 is 0.946 bits per heavy atom. The molecule has 7 nitrogen and oxygen atoms in total. The van der Waals surface area contributed by atoms with Gasteiger partial charge in [0.2, 0.25) is 0 Å². The zero-order valence-electron chi connectivity index (χ0n) is 21.4. The van der Waals surface area contributed by atoms with Crippen LogP contribution in [0.2, 0.25) is 0 Å². The molecular formula is C29H32N2O5S. The summed E-state index contributed by atoms with van der Waals surface area (Å²) in [5.74, 6) is 2.23. The summed E-state index contributed by atoms with van der Waals surface area (Å²) in [5, 5.41) is 3.67. The molecule has 37 heavy (non-hydrogen) atoms. The first-order chi connectivity index (χ1) is 17.8. The maximum absolute atomic E-state index is 13.3. The molecule has 5 rings (SSSR count). The lowest BCUT2D eigenvalue weighted by Crippen LogP contribution is -2.29. The molecule has 8 heteroatoms. The first-order valence-corrected chi connectivity index (χ1v) is 13.9. The Morgan fingerprint density at radius 3 is 2.41 bits per heavy atom. The Morgan fingerprint density at radius 2 is 1.70 bits per heavy atom. The van der Waals surface area contributed by atoms with Crippen molar-refractivity contribution in [3.8, 4) is 17.2 Å². The fourth-order valence-corrected chi connectivity index (χ4v) is 6.29. The van der Waals surface area contributed by atoms with Gasteiger partial charge in [-0.3, -0.25) is 4.72 Å². The Balaban J connectivity index is 1.43. The molecule has 0 amide bonds. The molecule has 0 saturated heterocycles. The highest BCUT2D eigenvalue weighted by molar-refractivity contribution is 7.92. The van der Waals surface area contributed by atoms with Crippen LogP contribution in [-0.2, 0) is 10.0 Å². The number of ether oxygens (including phenoxy) is 3. The quantitative estimate of drug-likeness (QED) is 0.348. The van der Waals surface area contributed by atoms with Crippen LogP contribution in [0, 0.1) is 5.92 Å². The molecule has 194 valence electrons. The predicted octanol–water partition coefficient (Wildman–Crippen LogP) is 6.12. The minimum Gasteiger partial charge on any atom is -0.497 e. The van der Waals surface area contributed by atoms with Gasteiger partial charge < -0.3 is 19.5 Å². The third-order valence-electron chi connectivity index (χ3n) is 6.91. The lowest BCUT2D eigenvalue weighted by Gasteiger charge is -2.37. The van der Waals surface area contributed by atoms with Crippen LogP contribution in [0.1, 0.15) is 43.4 Å². The number of sulfonamides is 1. The molecule has 0 radical (unpaired) electrons. The van der Waals surface area contributed by atoms with Gasteiger partial charge in [0.15, 0.2) is 0 Å². The summed E-state index contributed by atoms with van der Waals surface area (Å²) >= 11 is 0. The molecule has 1 aliphatic carbocycles. The van der Waals surface area contributed by atoms with Crippen LogP contribution >= 0.6 is 0 Å². The lowest BCUT2D eigenvalue weighted by molar-refractivity contribution is 0.242. The van der Waals surface area contributed by atoms with Crippen molar-refractivity contribution in [1.29, 1.82) is 0 Å². The summed E-state index contributed by atoms with van der Waals surface area (Å²) < 4.78 is 45.7. The van der Waals surface area contributed by atoms with Gasteiger partial charge in [0.05, 0.1) is 36.9 Å². The van der Waals surface area contributed by atoms with E-state index < -0.39 is 10.0 Å². The monoisotopic (exact) mass is 520 g/mol. The second-order valence-corrected chi connectivity index (χ2v) is 11.3. The summed E-state index contributed by atoms with van der Waals surface area (Å²) in [4.78, 5) is 0.207. The Labute approximate surface area is 218 Å². The average molecular weight is 521 g/mol. The zero-order valence-corrected chi connectivity index (χ0v) is 22.2. The number of nitrogens with one attached hydrogen (secondary N) is 2. The van der Waals surface area contributed by atoms with Gasteiger partial charge in [0, 0.05) is 17.7 Å². The molecule has 1 aliphatic heterocycles. The molecule has 3 aromatic rings. The summed E-state index contributed by atoms with van der Waals surface area (Å²) in [6.45, 7) is 4.03. The minimum absolute atomic E-state index is 0.116. The van der Waals surface area contributed by atoms with E-state index in [4.69, 9.17) is 14.2 Å². The van der Waals surface area contributed by atoms with Crippen LogP contribution in [0.15, 0.2) is 77.7 Å². The van der Waals surface area contributed by atoms with Crippen molar-refractivity contribution >= 4 is 21.4 Å². The third kappa shape index (κ3) is 4.98. The van der Waals surface area contributed by atoms with Crippen molar-refractivity contribution in [3.05, 3.63) is 83.9 Å². The van der Waals surface area contributed by atoms with Crippen LogP contribution < -0.4 is 24.2 Å². The van der Waals surface area contributed by atoms with E-state index in [0.717, 1.165) is 23.4 Å². The standard InChI is InChI=1S/C29H32N2O5S/c1-18(2)36-20-10-8-19(9-11-20)29-24-7-5-6-23(24)25-17-22(13-15-26(25)30-29)37(32,33)31-27-14-12-21(34-3)16-28(27)35-4/h5-6,8-18,23-24,29-31H,7H2,1-4H3/t23-,24+,29+/m0/s1. The van der Waals surface area contributed by atoms with Gasteiger partial charge in [-0.25, -0.2) is 8.42 Å². The van der Waals surface area contributed by atoms with Crippen LogP contribution in [0.3, 0.4) is 0 Å². The molecule has 0 bridgehead atoms. The van der Waals surface area contributed by atoms with Gasteiger partial charge in [-0.05, 0) is 79.8 Å². The summed E-state index contributed by atoms with van der Waals surface area (Å²) in [6, 6.07) is 18.6. The highest BCUT2D eigenvalue weighted by Crippen LogP contribution is 2.50. The second-order valence-electron chi connectivity index (χ2n) is 9.63. The Hall–Kier alpha value is -3.65. The number of benzene rings is 3. The van der Waals surface area contributed by atoms with Crippen molar-refractivity contribution in [2.24, 2.45) is 5.92 Å². The van der Waals surface area contributed by atoms with Crippen LogP contribution in [-0.4, -0.2) is 28.7 Å². The van der Waals surface area contributed by atoms with E-state index in [2.05, 4.69) is 34.3 Å². The fourth-order valence-electron chi connectivity index (χ4n) is 5.18. The molecule has 1 heterocycles. The number of anilines is 2. The summed E-state index contributed by atoms with van der Waals surface area (Å²) in [7, 11) is -0.807. The molecule has 3 aromatic carbocycles. The van der Waals surface area contributed by atoms with Crippen LogP contribution in [0.4, 0.5) is 11.4 Å². The van der Waals surface area contributed by atoms with E-state index >= 15 is 0 Å². The number of fused-ring (bicyclic) bond motifs is 3. The topological polar surface area (TPSA) is 85.9 Å². The van der Waals surface area contributed by atoms with Crippen molar-refractivity contribution in [2.75, 3.05) is 24.3 Å². The Kier molecular flexibility index (Phi) is 6.77. The third-order valence-corrected chi connectivity index (χ3v) is 8.27. The molecule has 2 N–H and O–H groups in total. The molecular weight excluding hydrogens is 488 g/mol. The smallest absolute Gasteiger partial charge is 0.262 e. The molecule has 0 fully saturated rings. The first-order valence-electron chi connectivity index (χ1n) is 12.4. The zero-order chi connectivity index (χ0) is 26.2. The van der Waals surface area contributed by atoms with E-state index in [-0.39, 0.29) is 28.9 Å². The van der Waals surface area contributed by atoms with Crippen molar-refractivity contribution in [3.63, 3.8) is 0 Å². The van der Waals surface area contributed by atoms with Gasteiger partial charge in [-0.1, -0.05) is 24.3 Å². The van der Waals surface area contributed by atoms with Gasteiger partial charge in [0.1, 0.15) is 17.2 Å². The maximum Gasteiger partial charge on any atom is 0.262 e. The molecule has 2 aliphatic rings. The number of allylic oxidation sites excluding steroid dienone is 2. The molecule has 0 unspecified atom stereocenters. The van der Waals surface area contributed by atoms with E-state index in [9.17, 15) is 8.42 Å². The largest absolute Gasteiger partial charge is 0.497 e. The molecule has 0 aromatic heterocycles. The highest BCUT2D eigenvalue weighted by Gasteiger charge is 2.38. The van der Waals surface area contributed by atoms with Crippen LogP contribution in [0.5, 0.6) is 17.2 Å². The minimum atomic E-state index is -3.84. The molecule has 3 atom stereocenters. The first kappa shape index (κ1) is 25.0. The fraction of sp³-hybridized carbons (Fsp3) is 0.310. The normalized spacial score (nSPS) is 20.1. The van der Waals surface area contributed by atoms with E-state index in [0.29, 0.717) is 17.2 Å². The van der Waals surface area contributed by atoms with Crippen LogP contribution in [0.25, 0.3) is 0 Å². The maximum atomic E-state index is 13.3. The average Bonchev–Trinajstić information content (AvgIpc) is 3.38. The molecule has 0 spiro atoms. The number of methoxy groups -OCH3 is 2. The number of hydrogen-bond donors (Lipinski definition) is 2. The van der Waals surface area contributed by atoms with Gasteiger partial charge >= 0.3 is 0 Å². The highest BCUT2D eigenvalue weighted by atomic mass is 32.2. The van der Waals surface area contributed by atoms with Crippen molar-refractivity contribution in [2.45, 2.75) is 43.2 Å². The van der Waals surface area contributed by atoms with E-state index in [1.54, 1.807) is 37.4 Å². The van der Waals surface area contributed by atoms with E-state index in [1.165, 1.54) is 12.7 Å². The number of hydrogen-bond acceptors (Lipinski definition) is 6. The lowest BCUT2D eigenvalue weighted by atomic mass is 9.77. The Bertz CT molecular complexity index is 1420. The van der Waals surface area contributed by atoms with Gasteiger partial charge in [0.25, 0.3) is 10.0 Å². The molecule has 0 saturated carbocycles. The van der Waals surface area contributed by atoms with Crippen molar-refractivity contribution < 1.29 is 22.6 Å². The second kappa shape index (κ2) is 10.0. The van der Waals surface area contributed by atoms with Gasteiger partial charge in [-0.2, -0.15) is 0 Å². The predicted molar refractivity (Wildman–Crippen MR) is 145 cm³/mol. The summed E-state index contributed by atoms with van der Waals surface area (Å²) in [5.41, 5.74) is 3.47. The van der Waals surface area contributed by atoms with E-state index in [1.807, 2.05) is 32.0 Å². The van der Waals surface area contributed by atoms with Gasteiger partial charge in [-0.15, -0.1) is 0 Å².